The van der Waals surface area contributed by atoms with Gasteiger partial charge in [-0.15, -0.1) is 0 Å². The first-order valence-corrected chi connectivity index (χ1v) is 5.61. The highest BCUT2D eigenvalue weighted by molar-refractivity contribution is 5.87. The summed E-state index contributed by atoms with van der Waals surface area (Å²) >= 11 is 0. The minimum Gasteiger partial charge on any atom is -0.478 e. The lowest BCUT2D eigenvalue weighted by Crippen LogP contribution is -2.04. The number of carboxylic acids is 1. The van der Waals surface area contributed by atoms with E-state index >= 15 is 0 Å². The molecule has 0 spiro atoms. The van der Waals surface area contributed by atoms with Gasteiger partial charge in [-0.25, -0.2) is 4.79 Å². The Morgan fingerprint density at radius 1 is 1.24 bits per heavy atom. The fourth-order valence-electron chi connectivity index (χ4n) is 1.48. The van der Waals surface area contributed by atoms with Gasteiger partial charge in [0.05, 0.1) is 12.2 Å². The number of aryl methyl sites for hydroxylation is 1. The van der Waals surface area contributed by atoms with Gasteiger partial charge < -0.3 is 9.84 Å². The Hall–Kier alpha value is -1.84. The fraction of sp³-hybridized carbons (Fsp3) is 0.385. The lowest BCUT2D eigenvalue weighted by molar-refractivity contribution is -0.143. The van der Waals surface area contributed by atoms with Crippen molar-refractivity contribution in [2.45, 2.75) is 26.2 Å². The van der Waals surface area contributed by atoms with Crippen molar-refractivity contribution in [2.75, 3.05) is 6.61 Å². The van der Waals surface area contributed by atoms with Crippen LogP contribution in [0.5, 0.6) is 0 Å². The molecular weight excluding hydrogens is 220 g/mol. The number of benzene rings is 1. The number of ether oxygens (including phenoxy) is 1. The largest absolute Gasteiger partial charge is 0.478 e. The Morgan fingerprint density at radius 3 is 2.41 bits per heavy atom. The van der Waals surface area contributed by atoms with Crippen LogP contribution in [0.1, 0.15) is 35.7 Å². The van der Waals surface area contributed by atoms with Crippen LogP contribution in [0.25, 0.3) is 0 Å². The van der Waals surface area contributed by atoms with Crippen LogP contribution in [0.15, 0.2) is 24.3 Å². The number of hydrogen-bond acceptors (Lipinski definition) is 3. The summed E-state index contributed by atoms with van der Waals surface area (Å²) in [6.45, 7) is 2.19. The normalized spacial score (nSPS) is 9.94. The Kier molecular flexibility index (Phi) is 5.20. The summed E-state index contributed by atoms with van der Waals surface area (Å²) in [6, 6.07) is 6.69. The summed E-state index contributed by atoms with van der Waals surface area (Å²) in [5.41, 5.74) is 1.30. The number of carbonyl (C=O) groups excluding carboxylic acids is 1. The minimum atomic E-state index is -0.928. The molecule has 0 unspecified atom stereocenters. The van der Waals surface area contributed by atoms with Crippen molar-refractivity contribution in [3.63, 3.8) is 0 Å². The highest BCUT2D eigenvalue weighted by atomic mass is 16.5. The minimum absolute atomic E-state index is 0.186. The van der Waals surface area contributed by atoms with Gasteiger partial charge in [0.2, 0.25) is 0 Å². The first kappa shape index (κ1) is 13.2. The van der Waals surface area contributed by atoms with E-state index in [0.29, 0.717) is 19.4 Å². The molecule has 92 valence electrons. The molecule has 0 saturated carbocycles. The topological polar surface area (TPSA) is 63.6 Å². The molecule has 1 N–H and O–H groups in total. The molecule has 0 saturated heterocycles. The van der Waals surface area contributed by atoms with E-state index < -0.39 is 5.97 Å². The molecule has 0 aliphatic carbocycles. The SMILES string of the molecule is CCOC(=O)CCCc1ccc(C(=O)O)cc1. The van der Waals surface area contributed by atoms with Crippen molar-refractivity contribution in [2.24, 2.45) is 0 Å². The predicted molar refractivity (Wildman–Crippen MR) is 63.0 cm³/mol. The quantitative estimate of drug-likeness (QED) is 0.769. The van der Waals surface area contributed by atoms with Gasteiger partial charge in [-0.05, 0) is 37.5 Å². The van der Waals surface area contributed by atoms with Crippen molar-refractivity contribution in [1.82, 2.24) is 0 Å². The van der Waals surface area contributed by atoms with Gasteiger partial charge in [0.1, 0.15) is 0 Å². The smallest absolute Gasteiger partial charge is 0.335 e. The van der Waals surface area contributed by atoms with Gasteiger partial charge in [-0.1, -0.05) is 12.1 Å². The van der Waals surface area contributed by atoms with Crippen LogP contribution in [0, 0.1) is 0 Å². The van der Waals surface area contributed by atoms with Crippen LogP contribution >= 0.6 is 0 Å². The van der Waals surface area contributed by atoms with Gasteiger partial charge in [0.15, 0.2) is 0 Å². The average Bonchev–Trinajstić information content (AvgIpc) is 2.30. The van der Waals surface area contributed by atoms with Crippen molar-refractivity contribution in [3.05, 3.63) is 35.4 Å². The summed E-state index contributed by atoms with van der Waals surface area (Å²) in [6.07, 6.45) is 1.86. The molecule has 4 heteroatoms. The van der Waals surface area contributed by atoms with Crippen LogP contribution in [-0.2, 0) is 16.0 Å². The second-order valence-corrected chi connectivity index (χ2v) is 3.66. The van der Waals surface area contributed by atoms with Crippen LogP contribution in [0.3, 0.4) is 0 Å². The fourth-order valence-corrected chi connectivity index (χ4v) is 1.48. The number of aromatic carboxylic acids is 1. The first-order valence-electron chi connectivity index (χ1n) is 5.61. The van der Waals surface area contributed by atoms with Gasteiger partial charge in [0, 0.05) is 6.42 Å². The molecular formula is C13H16O4. The summed E-state index contributed by atoms with van der Waals surface area (Å²) in [7, 11) is 0. The number of carboxylic acid groups (broad SMARTS) is 1. The average molecular weight is 236 g/mol. The Morgan fingerprint density at radius 2 is 1.88 bits per heavy atom. The second kappa shape index (κ2) is 6.68. The van der Waals surface area contributed by atoms with Gasteiger partial charge in [-0.2, -0.15) is 0 Å². The summed E-state index contributed by atoms with van der Waals surface area (Å²) < 4.78 is 4.81. The lowest BCUT2D eigenvalue weighted by atomic mass is 10.1. The molecule has 1 aromatic rings. The summed E-state index contributed by atoms with van der Waals surface area (Å²) in [4.78, 5) is 21.7. The van der Waals surface area contributed by atoms with Crippen LogP contribution < -0.4 is 0 Å². The standard InChI is InChI=1S/C13H16O4/c1-2-17-12(14)5-3-4-10-6-8-11(9-7-10)13(15)16/h6-9H,2-5H2,1H3,(H,15,16). The number of hydrogen-bond donors (Lipinski definition) is 1. The van der Waals surface area contributed by atoms with Gasteiger partial charge in [0.25, 0.3) is 0 Å². The maximum absolute atomic E-state index is 11.1. The molecule has 0 aliphatic rings. The Balaban J connectivity index is 2.37. The van der Waals surface area contributed by atoms with E-state index in [1.54, 1.807) is 31.2 Å². The molecule has 0 aromatic heterocycles. The zero-order valence-corrected chi connectivity index (χ0v) is 9.81. The summed E-state index contributed by atoms with van der Waals surface area (Å²) in [5, 5.41) is 8.72. The second-order valence-electron chi connectivity index (χ2n) is 3.66. The highest BCUT2D eigenvalue weighted by Crippen LogP contribution is 2.08. The Labute approximate surface area is 100 Å². The third kappa shape index (κ3) is 4.68. The van der Waals surface area contributed by atoms with Crippen molar-refractivity contribution < 1.29 is 19.4 Å². The van der Waals surface area contributed by atoms with E-state index in [2.05, 4.69) is 0 Å². The monoisotopic (exact) mass is 236 g/mol. The van der Waals surface area contributed by atoms with Crippen LogP contribution in [0.2, 0.25) is 0 Å². The molecule has 4 nitrogen and oxygen atoms in total. The van der Waals surface area contributed by atoms with E-state index in [9.17, 15) is 9.59 Å². The molecule has 0 radical (unpaired) electrons. The number of esters is 1. The Bertz CT molecular complexity index is 381. The molecule has 0 fully saturated rings. The van der Waals surface area contributed by atoms with E-state index in [4.69, 9.17) is 9.84 Å². The maximum atomic E-state index is 11.1. The zero-order chi connectivity index (χ0) is 12.7. The van der Waals surface area contributed by atoms with Gasteiger partial charge >= 0.3 is 11.9 Å². The lowest BCUT2D eigenvalue weighted by Gasteiger charge is -2.02. The van der Waals surface area contributed by atoms with E-state index in [-0.39, 0.29) is 11.5 Å². The molecule has 0 amide bonds. The van der Waals surface area contributed by atoms with Crippen molar-refractivity contribution in [3.8, 4) is 0 Å². The van der Waals surface area contributed by atoms with Crippen LogP contribution in [-0.4, -0.2) is 23.7 Å². The first-order chi connectivity index (χ1) is 8.13. The number of rotatable bonds is 6. The number of carbonyl (C=O) groups is 2. The molecule has 1 aromatic carbocycles. The third-order valence-corrected chi connectivity index (χ3v) is 2.35. The highest BCUT2D eigenvalue weighted by Gasteiger charge is 2.03. The zero-order valence-electron chi connectivity index (χ0n) is 9.81. The predicted octanol–water partition coefficient (Wildman–Crippen LogP) is 2.27. The molecule has 17 heavy (non-hydrogen) atoms. The van der Waals surface area contributed by atoms with E-state index in [1.807, 2.05) is 0 Å². The third-order valence-electron chi connectivity index (χ3n) is 2.35. The van der Waals surface area contributed by atoms with Crippen LogP contribution in [0.4, 0.5) is 0 Å². The molecule has 0 bridgehead atoms. The molecule has 0 heterocycles. The molecule has 0 atom stereocenters. The van der Waals surface area contributed by atoms with Crippen molar-refractivity contribution in [1.29, 1.82) is 0 Å². The molecule has 1 rings (SSSR count). The maximum Gasteiger partial charge on any atom is 0.335 e. The van der Waals surface area contributed by atoms with Crippen molar-refractivity contribution >= 4 is 11.9 Å². The molecule has 0 aliphatic heterocycles. The van der Waals surface area contributed by atoms with E-state index in [1.165, 1.54) is 0 Å². The summed E-state index contributed by atoms with van der Waals surface area (Å²) in [5.74, 6) is -1.11. The van der Waals surface area contributed by atoms with Gasteiger partial charge in [-0.3, -0.25) is 4.79 Å². The van der Waals surface area contributed by atoms with E-state index in [0.717, 1.165) is 12.0 Å².